The predicted molar refractivity (Wildman–Crippen MR) is 297 cm³/mol. The fourth-order valence-corrected chi connectivity index (χ4v) is 6.85. The molecule has 0 aliphatic rings. The average Bonchev–Trinajstić information content (AvgIpc) is 3.35. The molecule has 0 aliphatic carbocycles. The third kappa shape index (κ3) is 54.1. The summed E-state index contributed by atoms with van der Waals surface area (Å²) in [5.74, 6) is -1.11. The zero-order valence-corrected chi connectivity index (χ0v) is 44.0. The van der Waals surface area contributed by atoms with Gasteiger partial charge in [0.05, 0.1) is 0 Å². The van der Waals surface area contributed by atoms with E-state index in [1.165, 1.54) is 64.2 Å². The van der Waals surface area contributed by atoms with E-state index in [4.69, 9.17) is 14.2 Å². The van der Waals surface area contributed by atoms with Crippen LogP contribution >= 0.6 is 0 Å². The molecule has 0 saturated carbocycles. The Bertz CT molecular complexity index is 1470. The first-order valence-corrected chi connectivity index (χ1v) is 27.3. The Morgan fingerprint density at radius 2 is 0.565 bits per heavy atom. The minimum atomic E-state index is -0.843. The third-order valence-electron chi connectivity index (χ3n) is 10.9. The lowest BCUT2D eigenvalue weighted by Gasteiger charge is -2.18. The lowest BCUT2D eigenvalue weighted by Crippen LogP contribution is -2.30. The molecule has 0 aromatic heterocycles. The number of carbonyl (C=O) groups excluding carboxylic acids is 3. The summed E-state index contributed by atoms with van der Waals surface area (Å²) in [6, 6.07) is 0. The lowest BCUT2D eigenvalue weighted by molar-refractivity contribution is -0.166. The van der Waals surface area contributed by atoms with E-state index in [9.17, 15) is 14.4 Å². The highest BCUT2D eigenvalue weighted by Gasteiger charge is 2.19. The number of ether oxygens (including phenoxy) is 3. The summed E-state index contributed by atoms with van der Waals surface area (Å²) in [7, 11) is 0. The molecule has 0 heterocycles. The van der Waals surface area contributed by atoms with E-state index in [1.807, 2.05) is 24.3 Å². The zero-order chi connectivity index (χ0) is 50.0. The van der Waals surface area contributed by atoms with Gasteiger partial charge >= 0.3 is 17.9 Å². The van der Waals surface area contributed by atoms with Gasteiger partial charge in [0, 0.05) is 19.3 Å². The zero-order valence-electron chi connectivity index (χ0n) is 44.0. The van der Waals surface area contributed by atoms with Crippen LogP contribution in [0.5, 0.6) is 0 Å². The average molecular weight is 951 g/mol. The number of allylic oxidation sites excluding steroid dienone is 24. The molecule has 0 amide bonds. The maximum atomic E-state index is 12.8. The molecule has 6 heteroatoms. The van der Waals surface area contributed by atoms with E-state index in [0.29, 0.717) is 19.3 Å². The van der Waals surface area contributed by atoms with Crippen LogP contribution in [0.15, 0.2) is 146 Å². The molecule has 0 N–H and O–H groups in total. The van der Waals surface area contributed by atoms with Crippen molar-refractivity contribution in [3.63, 3.8) is 0 Å². The van der Waals surface area contributed by atoms with E-state index < -0.39 is 6.10 Å². The summed E-state index contributed by atoms with van der Waals surface area (Å²) in [4.78, 5) is 38.0. The molecule has 0 saturated heterocycles. The van der Waals surface area contributed by atoms with E-state index in [1.54, 1.807) is 0 Å². The molecular formula is C63H98O6. The van der Waals surface area contributed by atoms with Crippen molar-refractivity contribution in [1.29, 1.82) is 0 Å². The number of esters is 3. The number of hydrogen-bond acceptors (Lipinski definition) is 6. The van der Waals surface area contributed by atoms with E-state index in [0.717, 1.165) is 96.3 Å². The van der Waals surface area contributed by atoms with Crippen LogP contribution in [0.2, 0.25) is 0 Å². The first kappa shape index (κ1) is 64.3. The van der Waals surface area contributed by atoms with Crippen LogP contribution in [0, 0.1) is 0 Å². The standard InChI is InChI=1S/C63H98O6/c1-4-7-10-13-16-19-22-25-27-29-31-33-35-38-40-43-46-49-52-55-61(64)67-58-60(69-63(66)57-54-51-48-45-42-37-24-21-18-15-12-9-6-3)59-68-62(65)56-53-50-47-44-41-39-36-34-32-30-28-26-23-20-17-14-11-8-5-2/h7-8,10-11,16-17,19-20,25-28,31-34,38-41,46-47,49-50,60H,4-6,9,12-15,18,21-24,29-30,35-37,42-45,48,51-59H2,1-3H3/b10-7+,11-8+,19-16-,20-17+,27-25+,28-26+,33-31+,34-32-,40-38+,41-39+,49-46+,50-47+. The van der Waals surface area contributed by atoms with Gasteiger partial charge in [-0.05, 0) is 96.3 Å². The third-order valence-corrected chi connectivity index (χ3v) is 10.9. The smallest absolute Gasteiger partial charge is 0.306 e. The molecule has 69 heavy (non-hydrogen) atoms. The van der Waals surface area contributed by atoms with E-state index >= 15 is 0 Å². The van der Waals surface area contributed by atoms with E-state index in [2.05, 4.69) is 142 Å². The van der Waals surface area contributed by atoms with Crippen LogP contribution in [0.4, 0.5) is 0 Å². The highest BCUT2D eigenvalue weighted by atomic mass is 16.6. The van der Waals surface area contributed by atoms with Crippen LogP contribution in [-0.4, -0.2) is 37.2 Å². The molecule has 1 atom stereocenters. The number of hydrogen-bond donors (Lipinski definition) is 0. The van der Waals surface area contributed by atoms with Crippen molar-refractivity contribution < 1.29 is 28.6 Å². The summed E-state index contributed by atoms with van der Waals surface area (Å²) in [5.41, 5.74) is 0. The first-order valence-electron chi connectivity index (χ1n) is 27.3. The second-order valence-corrected chi connectivity index (χ2v) is 17.4. The van der Waals surface area contributed by atoms with Gasteiger partial charge in [-0.25, -0.2) is 0 Å². The SMILES string of the molecule is CC/C=C/C/C=C\C/C=C/C/C=C/C/C=C/C/C=C/CCC(=O)OCC(COC(=O)CC/C=C/C/C=C/C/C=C\C/C=C/C/C=C/C/C=C/CC)OC(=O)CCCCCCCCCCCCCCC. The fourth-order valence-electron chi connectivity index (χ4n) is 6.85. The normalized spacial score (nSPS) is 13.3. The minimum absolute atomic E-state index is 0.145. The van der Waals surface area contributed by atoms with Crippen molar-refractivity contribution in [3.05, 3.63) is 146 Å². The minimum Gasteiger partial charge on any atom is -0.462 e. The monoisotopic (exact) mass is 951 g/mol. The fraction of sp³-hybridized carbons (Fsp3) is 0.571. The van der Waals surface area contributed by atoms with Gasteiger partial charge in [-0.1, -0.05) is 244 Å². The van der Waals surface area contributed by atoms with Gasteiger partial charge in [0.15, 0.2) is 6.10 Å². The maximum absolute atomic E-state index is 12.8. The van der Waals surface area contributed by atoms with Crippen LogP contribution in [0.25, 0.3) is 0 Å². The summed E-state index contributed by atoms with van der Waals surface area (Å²) in [6.45, 7) is 6.26. The van der Waals surface area contributed by atoms with Crippen molar-refractivity contribution in [2.75, 3.05) is 13.2 Å². The predicted octanol–water partition coefficient (Wildman–Crippen LogP) is 18.4. The molecule has 0 radical (unpaired) electrons. The van der Waals surface area contributed by atoms with Crippen LogP contribution in [0.3, 0.4) is 0 Å². The van der Waals surface area contributed by atoms with Gasteiger partial charge in [0.1, 0.15) is 13.2 Å². The summed E-state index contributed by atoms with van der Waals surface area (Å²) >= 11 is 0. The Labute approximate surface area is 423 Å². The topological polar surface area (TPSA) is 78.9 Å². The Kier molecular flexibility index (Phi) is 52.1. The largest absolute Gasteiger partial charge is 0.462 e. The maximum Gasteiger partial charge on any atom is 0.306 e. The Balaban J connectivity index is 4.62. The van der Waals surface area contributed by atoms with Crippen molar-refractivity contribution in [1.82, 2.24) is 0 Å². The van der Waals surface area contributed by atoms with Crippen LogP contribution < -0.4 is 0 Å². The van der Waals surface area contributed by atoms with Crippen molar-refractivity contribution in [2.45, 2.75) is 219 Å². The highest BCUT2D eigenvalue weighted by Crippen LogP contribution is 2.14. The Morgan fingerprint density at radius 1 is 0.304 bits per heavy atom. The van der Waals surface area contributed by atoms with Gasteiger partial charge in [-0.3, -0.25) is 14.4 Å². The van der Waals surface area contributed by atoms with Gasteiger partial charge in [0.25, 0.3) is 0 Å². The number of rotatable bonds is 47. The lowest BCUT2D eigenvalue weighted by atomic mass is 10.0. The van der Waals surface area contributed by atoms with E-state index in [-0.39, 0.29) is 44.0 Å². The second-order valence-electron chi connectivity index (χ2n) is 17.4. The molecule has 0 spiro atoms. The van der Waals surface area contributed by atoms with Crippen molar-refractivity contribution >= 4 is 17.9 Å². The number of carbonyl (C=O) groups is 3. The van der Waals surface area contributed by atoms with Crippen LogP contribution in [-0.2, 0) is 28.6 Å². The summed E-state index contributed by atoms with van der Waals surface area (Å²) < 4.78 is 16.7. The molecule has 0 aromatic rings. The molecule has 0 aromatic carbocycles. The molecule has 1 unspecified atom stereocenters. The summed E-state index contributed by atoms with van der Waals surface area (Å²) in [6.07, 6.45) is 80.0. The molecular weight excluding hydrogens is 853 g/mol. The molecule has 0 bridgehead atoms. The van der Waals surface area contributed by atoms with Gasteiger partial charge < -0.3 is 14.2 Å². The highest BCUT2D eigenvalue weighted by molar-refractivity contribution is 5.71. The molecule has 0 rings (SSSR count). The quantitative estimate of drug-likeness (QED) is 0.0262. The Hall–Kier alpha value is -4.71. The second kappa shape index (κ2) is 55.9. The van der Waals surface area contributed by atoms with Crippen molar-refractivity contribution in [3.8, 4) is 0 Å². The molecule has 0 aliphatic heterocycles. The summed E-state index contributed by atoms with van der Waals surface area (Å²) in [5, 5.41) is 0. The molecule has 0 fully saturated rings. The van der Waals surface area contributed by atoms with Crippen molar-refractivity contribution in [2.24, 2.45) is 0 Å². The van der Waals surface area contributed by atoms with Crippen LogP contribution in [0.1, 0.15) is 213 Å². The first-order chi connectivity index (χ1) is 34.0. The molecule has 6 nitrogen and oxygen atoms in total. The van der Waals surface area contributed by atoms with Gasteiger partial charge in [0.2, 0.25) is 0 Å². The molecule has 386 valence electrons. The number of unbranched alkanes of at least 4 members (excludes halogenated alkanes) is 12. The Morgan fingerprint density at radius 3 is 0.855 bits per heavy atom. The van der Waals surface area contributed by atoms with Gasteiger partial charge in [-0.2, -0.15) is 0 Å². The van der Waals surface area contributed by atoms with Gasteiger partial charge in [-0.15, -0.1) is 0 Å².